The molecular weight excluding hydrogens is 522 g/mol. The highest BCUT2D eigenvalue weighted by Crippen LogP contribution is 2.48. The van der Waals surface area contributed by atoms with Crippen molar-refractivity contribution < 1.29 is 37.3 Å². The van der Waals surface area contributed by atoms with Crippen LogP contribution >= 0.6 is 0 Å². The van der Waals surface area contributed by atoms with Crippen molar-refractivity contribution in [3.05, 3.63) is 58.2 Å². The number of hydrogen-bond acceptors (Lipinski definition) is 7. The van der Waals surface area contributed by atoms with E-state index in [0.29, 0.717) is 18.8 Å². The van der Waals surface area contributed by atoms with Gasteiger partial charge >= 0.3 is 5.97 Å². The van der Waals surface area contributed by atoms with Crippen molar-refractivity contribution in [3.63, 3.8) is 0 Å². The maximum atomic E-state index is 14.8. The summed E-state index contributed by atoms with van der Waals surface area (Å²) in [5, 5.41) is 5.37. The lowest BCUT2D eigenvalue weighted by Crippen LogP contribution is -2.43. The van der Waals surface area contributed by atoms with Gasteiger partial charge in [0.25, 0.3) is 5.91 Å². The summed E-state index contributed by atoms with van der Waals surface area (Å²) in [5.74, 6) is -3.25. The molecule has 2 heterocycles. The molecule has 2 aliphatic rings. The molecule has 1 fully saturated rings. The van der Waals surface area contributed by atoms with Gasteiger partial charge in [-0.15, -0.1) is 0 Å². The first-order chi connectivity index (χ1) is 18.7. The van der Waals surface area contributed by atoms with E-state index in [1.54, 1.807) is 0 Å². The van der Waals surface area contributed by atoms with Crippen molar-refractivity contribution in [2.24, 2.45) is 0 Å². The van der Waals surface area contributed by atoms with Crippen LogP contribution in [0.1, 0.15) is 81.3 Å². The van der Waals surface area contributed by atoms with Gasteiger partial charge in [0, 0.05) is 18.2 Å². The summed E-state index contributed by atoms with van der Waals surface area (Å²) in [5.41, 5.74) is 0.711. The number of carbonyl (C=O) groups is 2. The fraction of sp³-hybridized carbons (Fsp3) is 0.533. The van der Waals surface area contributed by atoms with E-state index in [1.165, 1.54) is 7.11 Å². The van der Waals surface area contributed by atoms with Gasteiger partial charge in [-0.2, -0.15) is 0 Å². The second-order valence-corrected chi connectivity index (χ2v) is 11.5. The van der Waals surface area contributed by atoms with Gasteiger partial charge in [-0.05, 0) is 83.7 Å². The Bertz CT molecular complexity index is 1250. The molecule has 10 heteroatoms. The fourth-order valence-electron chi connectivity index (χ4n) is 4.89. The Morgan fingerprint density at radius 2 is 1.70 bits per heavy atom. The summed E-state index contributed by atoms with van der Waals surface area (Å²) in [6, 6.07) is 4.51. The number of esters is 1. The van der Waals surface area contributed by atoms with Crippen LogP contribution in [-0.4, -0.2) is 48.9 Å². The number of nitrogens with one attached hydrogen (secondary N) is 2. The number of halogens is 2. The third-order valence-electron chi connectivity index (χ3n) is 7.65. The highest BCUT2D eigenvalue weighted by molar-refractivity contribution is 5.97. The Morgan fingerprint density at radius 1 is 1.07 bits per heavy atom. The molecule has 40 heavy (non-hydrogen) atoms. The minimum Gasteiger partial charge on any atom is -0.493 e. The van der Waals surface area contributed by atoms with Crippen LogP contribution in [0.15, 0.2) is 24.3 Å². The van der Waals surface area contributed by atoms with Crippen LogP contribution in [0.3, 0.4) is 0 Å². The molecular formula is C30H38F2N2O6. The maximum Gasteiger partial charge on any atom is 0.328 e. The normalized spacial score (nSPS) is 18.6. The Hall–Kier alpha value is -3.24. The van der Waals surface area contributed by atoms with E-state index >= 15 is 0 Å². The van der Waals surface area contributed by atoms with Gasteiger partial charge in [0.2, 0.25) is 0 Å². The summed E-state index contributed by atoms with van der Waals surface area (Å²) in [4.78, 5) is 25.7. The lowest BCUT2D eigenvalue weighted by molar-refractivity contribution is -0.142. The molecule has 8 nitrogen and oxygen atoms in total. The van der Waals surface area contributed by atoms with Crippen molar-refractivity contribution in [1.29, 1.82) is 0 Å². The third-order valence-corrected chi connectivity index (χ3v) is 7.65. The van der Waals surface area contributed by atoms with Crippen LogP contribution in [-0.2, 0) is 31.8 Å². The minimum absolute atomic E-state index is 0.0317. The number of amides is 1. The molecule has 2 aromatic carbocycles. The molecule has 1 atom stereocenters. The highest BCUT2D eigenvalue weighted by Gasteiger charge is 2.50. The summed E-state index contributed by atoms with van der Waals surface area (Å²) >= 11 is 0. The van der Waals surface area contributed by atoms with Crippen molar-refractivity contribution in [2.45, 2.75) is 90.4 Å². The standard InChI is InChI=1S/C30H38F2N2O6/c1-16(2)33-18-14-21(31)24(22(32)15-18)26(35)34-23(27(36)37-7)13-17-10-11-20(25-19(17)9-8-12-38-25)28-39-29(3,4)30(5,6)40-28/h10-11,14-16,23,28,33H,8-9,12-13H2,1-7H3,(H,34,35)/t23-/m0/s1. The molecule has 0 bridgehead atoms. The predicted molar refractivity (Wildman–Crippen MR) is 145 cm³/mol. The Balaban J connectivity index is 1.61. The van der Waals surface area contributed by atoms with Crippen LogP contribution in [0.4, 0.5) is 14.5 Å². The van der Waals surface area contributed by atoms with Crippen molar-refractivity contribution >= 4 is 17.6 Å². The SMILES string of the molecule is COC(=O)[C@H](Cc1ccc(C2OC(C)(C)C(C)(C)O2)c2c1CCCO2)NC(=O)c1c(F)cc(NC(C)C)cc1F. The number of benzene rings is 2. The van der Waals surface area contributed by atoms with E-state index in [9.17, 15) is 18.4 Å². The molecule has 0 radical (unpaired) electrons. The molecule has 0 aromatic heterocycles. The Morgan fingerprint density at radius 3 is 2.27 bits per heavy atom. The lowest BCUT2D eigenvalue weighted by Gasteiger charge is -2.30. The molecule has 2 aliphatic heterocycles. The molecule has 4 rings (SSSR count). The van der Waals surface area contributed by atoms with E-state index in [4.69, 9.17) is 18.9 Å². The number of fused-ring (bicyclic) bond motifs is 1. The zero-order chi connectivity index (χ0) is 29.4. The number of hydrogen-bond donors (Lipinski definition) is 2. The first-order valence-corrected chi connectivity index (χ1v) is 13.5. The zero-order valence-corrected chi connectivity index (χ0v) is 24.1. The largest absolute Gasteiger partial charge is 0.493 e. The van der Waals surface area contributed by atoms with Gasteiger partial charge in [0.15, 0.2) is 6.29 Å². The van der Waals surface area contributed by atoms with Gasteiger partial charge < -0.3 is 29.6 Å². The maximum absolute atomic E-state index is 14.8. The molecule has 0 unspecified atom stereocenters. The van der Waals surface area contributed by atoms with E-state index in [1.807, 2.05) is 53.7 Å². The first-order valence-electron chi connectivity index (χ1n) is 13.5. The average molecular weight is 561 g/mol. The van der Waals surface area contributed by atoms with Crippen LogP contribution in [0.2, 0.25) is 0 Å². The Kier molecular flexibility index (Phi) is 8.42. The highest BCUT2D eigenvalue weighted by atomic mass is 19.1. The van der Waals surface area contributed by atoms with Gasteiger partial charge in [-0.1, -0.05) is 6.07 Å². The number of rotatable bonds is 8. The van der Waals surface area contributed by atoms with E-state index < -0.39 is 52.6 Å². The van der Waals surface area contributed by atoms with E-state index in [2.05, 4.69) is 10.6 Å². The van der Waals surface area contributed by atoms with Gasteiger partial charge in [-0.25, -0.2) is 13.6 Å². The summed E-state index contributed by atoms with van der Waals surface area (Å²) in [6.45, 7) is 12.0. The molecule has 218 valence electrons. The van der Waals surface area contributed by atoms with Crippen molar-refractivity contribution in [2.75, 3.05) is 19.0 Å². The summed E-state index contributed by atoms with van der Waals surface area (Å²) in [7, 11) is 1.19. The summed E-state index contributed by atoms with van der Waals surface area (Å²) in [6.07, 6.45) is 0.827. The predicted octanol–water partition coefficient (Wildman–Crippen LogP) is 5.23. The molecule has 2 aromatic rings. The van der Waals surface area contributed by atoms with Gasteiger partial charge in [0.05, 0.1) is 30.5 Å². The second kappa shape index (κ2) is 11.3. The van der Waals surface area contributed by atoms with E-state index in [0.717, 1.165) is 35.2 Å². The number of methoxy groups -OCH3 is 1. The quantitative estimate of drug-likeness (QED) is 0.427. The zero-order valence-electron chi connectivity index (χ0n) is 24.1. The molecule has 1 saturated heterocycles. The topological polar surface area (TPSA) is 95.1 Å². The molecule has 0 saturated carbocycles. The van der Waals surface area contributed by atoms with Crippen molar-refractivity contribution in [3.8, 4) is 5.75 Å². The third kappa shape index (κ3) is 5.93. The number of anilines is 1. The monoisotopic (exact) mass is 560 g/mol. The van der Waals surface area contributed by atoms with Gasteiger partial charge in [0.1, 0.15) is 29.0 Å². The van der Waals surface area contributed by atoms with Crippen LogP contribution in [0, 0.1) is 11.6 Å². The number of carbonyl (C=O) groups excluding carboxylic acids is 2. The average Bonchev–Trinajstić information content (AvgIpc) is 3.08. The smallest absolute Gasteiger partial charge is 0.328 e. The number of ether oxygens (including phenoxy) is 4. The van der Waals surface area contributed by atoms with Crippen LogP contribution in [0.5, 0.6) is 5.75 Å². The summed E-state index contributed by atoms with van der Waals surface area (Å²) < 4.78 is 53.1. The van der Waals surface area contributed by atoms with Crippen molar-refractivity contribution in [1.82, 2.24) is 5.32 Å². The van der Waals surface area contributed by atoms with E-state index in [-0.39, 0.29) is 18.2 Å². The van der Waals surface area contributed by atoms with Crippen LogP contribution in [0.25, 0.3) is 0 Å². The minimum atomic E-state index is -1.20. The lowest BCUT2D eigenvalue weighted by atomic mass is 9.90. The van der Waals surface area contributed by atoms with Crippen LogP contribution < -0.4 is 15.4 Å². The molecule has 2 N–H and O–H groups in total. The molecule has 0 aliphatic carbocycles. The second-order valence-electron chi connectivity index (χ2n) is 11.5. The van der Waals surface area contributed by atoms with Gasteiger partial charge in [-0.3, -0.25) is 4.79 Å². The first kappa shape index (κ1) is 29.7. The fourth-order valence-corrected chi connectivity index (χ4v) is 4.89. The molecule has 1 amide bonds. The molecule has 0 spiro atoms. The Labute approximate surface area is 233 Å².